The molecular weight excluding hydrogens is 242 g/mol. The van der Waals surface area contributed by atoms with Gasteiger partial charge in [0.15, 0.2) is 5.78 Å². The van der Waals surface area contributed by atoms with Crippen LogP contribution in [0, 0.1) is 0 Å². The minimum absolute atomic E-state index is 0.193. The zero-order valence-electron chi connectivity index (χ0n) is 10.7. The summed E-state index contributed by atoms with van der Waals surface area (Å²) in [6, 6.07) is 7.77. The predicted octanol–water partition coefficient (Wildman–Crippen LogP) is 3.95. The topological polar surface area (TPSA) is 30.0 Å². The maximum absolute atomic E-state index is 12.2. The molecule has 18 heavy (non-hydrogen) atoms. The van der Waals surface area contributed by atoms with Gasteiger partial charge in [-0.3, -0.25) is 9.78 Å². The van der Waals surface area contributed by atoms with Crippen LogP contribution in [0.25, 0.3) is 10.8 Å². The van der Waals surface area contributed by atoms with Crippen LogP contribution in [-0.2, 0) is 0 Å². The molecule has 1 unspecified atom stereocenters. The number of rotatable bonds is 5. The van der Waals surface area contributed by atoms with Gasteiger partial charge >= 0.3 is 0 Å². The summed E-state index contributed by atoms with van der Waals surface area (Å²) in [6.45, 7) is 4.30. The first-order valence-corrected chi connectivity index (χ1v) is 7.24. The summed E-state index contributed by atoms with van der Waals surface area (Å²) in [4.78, 5) is 16.3. The Morgan fingerprint density at radius 3 is 3.00 bits per heavy atom. The van der Waals surface area contributed by atoms with Crippen LogP contribution < -0.4 is 0 Å². The van der Waals surface area contributed by atoms with Crippen molar-refractivity contribution in [3.8, 4) is 0 Å². The molecule has 1 aromatic carbocycles. The van der Waals surface area contributed by atoms with E-state index in [0.29, 0.717) is 11.0 Å². The fourth-order valence-electron chi connectivity index (χ4n) is 1.77. The molecule has 0 amide bonds. The number of hydrogen-bond acceptors (Lipinski definition) is 3. The fourth-order valence-corrected chi connectivity index (χ4v) is 2.60. The SMILES string of the molecule is CCC(C)SCC(=O)c1cccc2ccncc12. The van der Waals surface area contributed by atoms with Crippen LogP contribution in [0.2, 0.25) is 0 Å². The van der Waals surface area contributed by atoms with Crippen molar-refractivity contribution >= 4 is 28.3 Å². The highest BCUT2D eigenvalue weighted by Crippen LogP contribution is 2.21. The van der Waals surface area contributed by atoms with Gasteiger partial charge in [0.05, 0.1) is 5.75 Å². The standard InChI is InChI=1S/C15H17NOS/c1-3-11(2)18-10-15(17)13-6-4-5-12-7-8-16-9-14(12)13/h4-9,11H,3,10H2,1-2H3. The summed E-state index contributed by atoms with van der Waals surface area (Å²) in [7, 11) is 0. The molecule has 0 N–H and O–H groups in total. The number of aromatic nitrogens is 1. The van der Waals surface area contributed by atoms with Crippen molar-refractivity contribution in [2.24, 2.45) is 0 Å². The van der Waals surface area contributed by atoms with Gasteiger partial charge in [0.1, 0.15) is 0 Å². The summed E-state index contributed by atoms with van der Waals surface area (Å²) in [5.41, 5.74) is 0.788. The van der Waals surface area contributed by atoms with Crippen molar-refractivity contribution in [2.45, 2.75) is 25.5 Å². The molecule has 0 spiro atoms. The van der Waals surface area contributed by atoms with Gasteiger partial charge in [-0.2, -0.15) is 11.8 Å². The molecule has 0 saturated heterocycles. The lowest BCUT2D eigenvalue weighted by Gasteiger charge is -2.08. The summed E-state index contributed by atoms with van der Waals surface area (Å²) in [5, 5.41) is 2.56. The number of carbonyl (C=O) groups excluding carboxylic acids is 1. The number of hydrogen-bond donors (Lipinski definition) is 0. The smallest absolute Gasteiger partial charge is 0.173 e. The summed E-state index contributed by atoms with van der Waals surface area (Å²) in [6.07, 6.45) is 4.62. The molecule has 0 aliphatic carbocycles. The van der Waals surface area contributed by atoms with Gasteiger partial charge in [0, 0.05) is 28.6 Å². The Kier molecular flexibility index (Phi) is 4.37. The van der Waals surface area contributed by atoms with E-state index in [1.807, 2.05) is 24.3 Å². The fraction of sp³-hybridized carbons (Fsp3) is 0.333. The maximum atomic E-state index is 12.2. The monoisotopic (exact) mass is 259 g/mol. The van der Waals surface area contributed by atoms with E-state index >= 15 is 0 Å². The van der Waals surface area contributed by atoms with Crippen LogP contribution in [0.15, 0.2) is 36.7 Å². The lowest BCUT2D eigenvalue weighted by atomic mass is 10.0. The molecule has 1 atom stereocenters. The Morgan fingerprint density at radius 2 is 2.22 bits per heavy atom. The van der Waals surface area contributed by atoms with Crippen molar-refractivity contribution in [1.82, 2.24) is 4.98 Å². The number of nitrogens with zero attached hydrogens (tertiary/aromatic N) is 1. The quantitative estimate of drug-likeness (QED) is 0.762. The number of thioether (sulfide) groups is 1. The number of fused-ring (bicyclic) bond motifs is 1. The number of Topliss-reactive ketones (excluding diaryl/α,β-unsaturated/α-hetero) is 1. The summed E-state index contributed by atoms with van der Waals surface area (Å²) in [5.74, 6) is 0.738. The second-order valence-corrected chi connectivity index (χ2v) is 5.78. The van der Waals surface area contributed by atoms with Gasteiger partial charge in [-0.25, -0.2) is 0 Å². The Labute approximate surface area is 112 Å². The van der Waals surface area contributed by atoms with Gasteiger partial charge < -0.3 is 0 Å². The molecule has 0 saturated carbocycles. The highest BCUT2D eigenvalue weighted by Gasteiger charge is 2.11. The highest BCUT2D eigenvalue weighted by atomic mass is 32.2. The molecule has 0 radical (unpaired) electrons. The van der Waals surface area contributed by atoms with E-state index in [1.54, 1.807) is 24.2 Å². The summed E-state index contributed by atoms with van der Waals surface area (Å²) < 4.78 is 0. The van der Waals surface area contributed by atoms with Gasteiger partial charge in [0.2, 0.25) is 0 Å². The molecule has 2 rings (SSSR count). The van der Waals surface area contributed by atoms with Crippen molar-refractivity contribution in [3.63, 3.8) is 0 Å². The number of pyridine rings is 1. The molecule has 1 aromatic heterocycles. The number of ketones is 1. The summed E-state index contributed by atoms with van der Waals surface area (Å²) >= 11 is 1.72. The molecule has 1 heterocycles. The van der Waals surface area contributed by atoms with Gasteiger partial charge in [-0.15, -0.1) is 0 Å². The van der Waals surface area contributed by atoms with E-state index in [4.69, 9.17) is 0 Å². The molecule has 0 aliphatic heterocycles. The molecule has 3 heteroatoms. The molecule has 0 fully saturated rings. The largest absolute Gasteiger partial charge is 0.293 e. The molecule has 0 aliphatic rings. The lowest BCUT2D eigenvalue weighted by Crippen LogP contribution is -2.06. The van der Waals surface area contributed by atoms with Crippen molar-refractivity contribution in [1.29, 1.82) is 0 Å². The van der Waals surface area contributed by atoms with Gasteiger partial charge in [-0.1, -0.05) is 32.0 Å². The van der Waals surface area contributed by atoms with Gasteiger partial charge in [0.25, 0.3) is 0 Å². The average Bonchev–Trinajstić information content (AvgIpc) is 2.43. The Morgan fingerprint density at radius 1 is 1.39 bits per heavy atom. The van der Waals surface area contributed by atoms with E-state index in [1.165, 1.54) is 0 Å². The van der Waals surface area contributed by atoms with E-state index in [2.05, 4.69) is 18.8 Å². The first kappa shape index (κ1) is 13.1. The molecule has 0 bridgehead atoms. The van der Waals surface area contributed by atoms with Crippen LogP contribution in [0.3, 0.4) is 0 Å². The van der Waals surface area contributed by atoms with Gasteiger partial charge in [-0.05, 0) is 17.9 Å². The molecule has 2 nitrogen and oxygen atoms in total. The van der Waals surface area contributed by atoms with Crippen LogP contribution in [0.5, 0.6) is 0 Å². The minimum Gasteiger partial charge on any atom is -0.293 e. The number of carbonyl (C=O) groups is 1. The average molecular weight is 259 g/mol. The lowest BCUT2D eigenvalue weighted by molar-refractivity contribution is 0.102. The van der Waals surface area contributed by atoms with E-state index < -0.39 is 0 Å². The normalized spacial score (nSPS) is 12.6. The van der Waals surface area contributed by atoms with Crippen LogP contribution >= 0.6 is 11.8 Å². The molecular formula is C15H17NOS. The maximum Gasteiger partial charge on any atom is 0.173 e. The Balaban J connectivity index is 2.22. The third-order valence-corrected chi connectivity index (χ3v) is 4.39. The first-order chi connectivity index (χ1) is 8.72. The Bertz CT molecular complexity index is 548. The highest BCUT2D eigenvalue weighted by molar-refractivity contribution is 8.00. The van der Waals surface area contributed by atoms with Crippen molar-refractivity contribution in [2.75, 3.05) is 5.75 Å². The molecule has 94 valence electrons. The van der Waals surface area contributed by atoms with E-state index in [-0.39, 0.29) is 5.78 Å². The number of benzene rings is 1. The van der Waals surface area contributed by atoms with Crippen molar-refractivity contribution in [3.05, 3.63) is 42.2 Å². The second-order valence-electron chi connectivity index (χ2n) is 4.36. The zero-order valence-corrected chi connectivity index (χ0v) is 11.5. The second kappa shape index (κ2) is 6.01. The van der Waals surface area contributed by atoms with Crippen molar-refractivity contribution < 1.29 is 4.79 Å². The van der Waals surface area contributed by atoms with Crippen LogP contribution in [0.4, 0.5) is 0 Å². The first-order valence-electron chi connectivity index (χ1n) is 6.20. The minimum atomic E-state index is 0.193. The third-order valence-electron chi connectivity index (χ3n) is 3.06. The predicted molar refractivity (Wildman–Crippen MR) is 78.3 cm³/mol. The van der Waals surface area contributed by atoms with Crippen LogP contribution in [0.1, 0.15) is 30.6 Å². The van der Waals surface area contributed by atoms with E-state index in [9.17, 15) is 4.79 Å². The third kappa shape index (κ3) is 2.91. The zero-order chi connectivity index (χ0) is 13.0. The van der Waals surface area contributed by atoms with E-state index in [0.717, 1.165) is 22.8 Å². The Hall–Kier alpha value is -1.35. The molecule has 2 aromatic rings. The van der Waals surface area contributed by atoms with Crippen LogP contribution in [-0.4, -0.2) is 21.8 Å².